The molecule has 0 spiro atoms. The Hall–Kier alpha value is -2.62. The molecule has 1 fully saturated rings. The lowest BCUT2D eigenvalue weighted by molar-refractivity contribution is -0.122. The zero-order chi connectivity index (χ0) is 19.1. The summed E-state index contributed by atoms with van der Waals surface area (Å²) in [5.41, 5.74) is 2.98. The molecule has 27 heavy (non-hydrogen) atoms. The van der Waals surface area contributed by atoms with E-state index in [-0.39, 0.29) is 17.9 Å². The predicted octanol–water partition coefficient (Wildman–Crippen LogP) is 4.26. The number of rotatable bonds is 6. The molecule has 0 atom stereocenters. The highest BCUT2D eigenvalue weighted by atomic mass is 16.2. The van der Waals surface area contributed by atoms with Gasteiger partial charge in [-0.3, -0.25) is 9.59 Å². The molecular formula is C23H28N2O2. The summed E-state index contributed by atoms with van der Waals surface area (Å²) in [7, 11) is 0. The highest BCUT2D eigenvalue weighted by Gasteiger charge is 2.24. The van der Waals surface area contributed by atoms with Crippen molar-refractivity contribution in [2.75, 3.05) is 13.1 Å². The minimum atomic E-state index is 0.0744. The van der Waals surface area contributed by atoms with Crippen LogP contribution in [0.15, 0.2) is 54.6 Å². The molecule has 0 radical (unpaired) electrons. The number of hydrogen-bond donors (Lipinski definition) is 1. The van der Waals surface area contributed by atoms with Gasteiger partial charge < -0.3 is 10.2 Å². The van der Waals surface area contributed by atoms with E-state index in [0.717, 1.165) is 42.4 Å². The number of hydrogen-bond acceptors (Lipinski definition) is 2. The van der Waals surface area contributed by atoms with Gasteiger partial charge in [-0.05, 0) is 42.5 Å². The molecule has 0 unspecified atom stereocenters. The lowest BCUT2D eigenvalue weighted by Crippen LogP contribution is -2.46. The second-order valence-electron chi connectivity index (χ2n) is 7.18. The molecule has 1 aliphatic heterocycles. The van der Waals surface area contributed by atoms with E-state index < -0.39 is 0 Å². The monoisotopic (exact) mass is 364 g/mol. The molecule has 1 aliphatic rings. The van der Waals surface area contributed by atoms with Gasteiger partial charge in [0.05, 0.1) is 0 Å². The molecule has 4 heteroatoms. The Bertz CT molecular complexity index is 748. The SMILES string of the molecule is CCCCC(=O)NC1CCN(C(=O)c2ccc(-c3ccccc3)cc2)CC1. The number of carbonyl (C=O) groups is 2. The number of amides is 2. The molecule has 142 valence electrons. The van der Waals surface area contributed by atoms with Gasteiger partial charge in [0.1, 0.15) is 0 Å². The lowest BCUT2D eigenvalue weighted by Gasteiger charge is -2.32. The Morgan fingerprint density at radius 2 is 1.59 bits per heavy atom. The molecule has 2 aromatic rings. The molecule has 0 bridgehead atoms. The molecule has 0 saturated carbocycles. The minimum absolute atomic E-state index is 0.0744. The van der Waals surface area contributed by atoms with Crippen LogP contribution in [-0.4, -0.2) is 35.8 Å². The van der Waals surface area contributed by atoms with E-state index in [9.17, 15) is 9.59 Å². The molecule has 0 aliphatic carbocycles. The second kappa shape index (κ2) is 9.36. The third-order valence-corrected chi connectivity index (χ3v) is 5.14. The second-order valence-corrected chi connectivity index (χ2v) is 7.18. The molecular weight excluding hydrogens is 336 g/mol. The third kappa shape index (κ3) is 5.19. The number of likely N-dealkylation sites (tertiary alicyclic amines) is 1. The summed E-state index contributed by atoms with van der Waals surface area (Å²) < 4.78 is 0. The van der Waals surface area contributed by atoms with Gasteiger partial charge in [-0.2, -0.15) is 0 Å². The van der Waals surface area contributed by atoms with Crippen molar-refractivity contribution in [1.82, 2.24) is 10.2 Å². The summed E-state index contributed by atoms with van der Waals surface area (Å²) in [6, 6.07) is 18.2. The van der Waals surface area contributed by atoms with Crippen molar-refractivity contribution < 1.29 is 9.59 Å². The quantitative estimate of drug-likeness (QED) is 0.832. The maximum atomic E-state index is 12.8. The van der Waals surface area contributed by atoms with Crippen molar-refractivity contribution in [2.45, 2.75) is 45.1 Å². The first-order valence-electron chi connectivity index (χ1n) is 9.91. The average Bonchev–Trinajstić information content (AvgIpc) is 2.73. The molecule has 4 nitrogen and oxygen atoms in total. The summed E-state index contributed by atoms with van der Waals surface area (Å²) in [4.78, 5) is 26.5. The number of piperidine rings is 1. The van der Waals surface area contributed by atoms with E-state index >= 15 is 0 Å². The van der Waals surface area contributed by atoms with Gasteiger partial charge in [0.2, 0.25) is 5.91 Å². The Kier molecular flexibility index (Phi) is 6.64. The summed E-state index contributed by atoms with van der Waals surface area (Å²) in [5, 5.41) is 3.10. The normalized spacial score (nSPS) is 14.8. The van der Waals surface area contributed by atoms with Gasteiger partial charge in [0, 0.05) is 31.1 Å². The zero-order valence-electron chi connectivity index (χ0n) is 16.0. The van der Waals surface area contributed by atoms with E-state index in [2.05, 4.69) is 24.4 Å². The van der Waals surface area contributed by atoms with E-state index in [1.165, 1.54) is 0 Å². The smallest absolute Gasteiger partial charge is 0.253 e. The van der Waals surface area contributed by atoms with Crippen molar-refractivity contribution in [3.8, 4) is 11.1 Å². The molecule has 1 saturated heterocycles. The van der Waals surface area contributed by atoms with Crippen LogP contribution in [0, 0.1) is 0 Å². The first-order valence-corrected chi connectivity index (χ1v) is 9.91. The van der Waals surface area contributed by atoms with Gasteiger partial charge in [0.15, 0.2) is 0 Å². The Labute approximate surface area is 161 Å². The number of unbranched alkanes of at least 4 members (excludes halogenated alkanes) is 1. The molecule has 1 heterocycles. The fraction of sp³-hybridized carbons (Fsp3) is 0.391. The van der Waals surface area contributed by atoms with Gasteiger partial charge in [-0.25, -0.2) is 0 Å². The maximum absolute atomic E-state index is 12.8. The van der Waals surface area contributed by atoms with Crippen LogP contribution in [0.25, 0.3) is 11.1 Å². The molecule has 2 amide bonds. The summed E-state index contributed by atoms with van der Waals surface area (Å²) in [5.74, 6) is 0.212. The van der Waals surface area contributed by atoms with Crippen LogP contribution in [0.2, 0.25) is 0 Å². The van der Waals surface area contributed by atoms with Crippen molar-refractivity contribution in [3.05, 3.63) is 60.2 Å². The summed E-state index contributed by atoms with van der Waals surface area (Å²) in [6.45, 7) is 3.47. The topological polar surface area (TPSA) is 49.4 Å². The first-order chi connectivity index (χ1) is 13.2. The third-order valence-electron chi connectivity index (χ3n) is 5.14. The summed E-state index contributed by atoms with van der Waals surface area (Å²) >= 11 is 0. The Balaban J connectivity index is 1.53. The van der Waals surface area contributed by atoms with E-state index in [0.29, 0.717) is 19.5 Å². The van der Waals surface area contributed by atoms with Crippen molar-refractivity contribution in [2.24, 2.45) is 0 Å². The Morgan fingerprint density at radius 1 is 0.963 bits per heavy atom. The van der Waals surface area contributed by atoms with Gasteiger partial charge in [0.25, 0.3) is 5.91 Å². The van der Waals surface area contributed by atoms with Crippen LogP contribution in [-0.2, 0) is 4.79 Å². The number of nitrogens with one attached hydrogen (secondary N) is 1. The number of nitrogens with zero attached hydrogens (tertiary/aromatic N) is 1. The zero-order valence-corrected chi connectivity index (χ0v) is 16.0. The summed E-state index contributed by atoms with van der Waals surface area (Å²) in [6.07, 6.45) is 4.21. The first kappa shape index (κ1) is 19.2. The highest BCUT2D eigenvalue weighted by molar-refractivity contribution is 5.94. The van der Waals surface area contributed by atoms with Crippen molar-refractivity contribution in [1.29, 1.82) is 0 Å². The molecule has 0 aromatic heterocycles. The van der Waals surface area contributed by atoms with Crippen molar-refractivity contribution >= 4 is 11.8 Å². The lowest BCUT2D eigenvalue weighted by atomic mass is 10.0. The van der Waals surface area contributed by atoms with Crippen LogP contribution in [0.4, 0.5) is 0 Å². The van der Waals surface area contributed by atoms with Crippen LogP contribution in [0.5, 0.6) is 0 Å². The van der Waals surface area contributed by atoms with Crippen LogP contribution in [0.3, 0.4) is 0 Å². The fourth-order valence-corrected chi connectivity index (χ4v) is 3.48. The minimum Gasteiger partial charge on any atom is -0.353 e. The number of benzene rings is 2. The van der Waals surface area contributed by atoms with Gasteiger partial charge in [-0.1, -0.05) is 55.8 Å². The maximum Gasteiger partial charge on any atom is 0.253 e. The van der Waals surface area contributed by atoms with Crippen LogP contribution in [0.1, 0.15) is 49.4 Å². The van der Waals surface area contributed by atoms with Crippen molar-refractivity contribution in [3.63, 3.8) is 0 Å². The van der Waals surface area contributed by atoms with Gasteiger partial charge in [-0.15, -0.1) is 0 Å². The van der Waals surface area contributed by atoms with Crippen LogP contribution >= 0.6 is 0 Å². The van der Waals surface area contributed by atoms with E-state index in [1.54, 1.807) is 0 Å². The van der Waals surface area contributed by atoms with E-state index in [1.807, 2.05) is 47.4 Å². The predicted molar refractivity (Wildman–Crippen MR) is 108 cm³/mol. The molecule has 1 N–H and O–H groups in total. The fourth-order valence-electron chi connectivity index (χ4n) is 3.48. The highest BCUT2D eigenvalue weighted by Crippen LogP contribution is 2.21. The average molecular weight is 364 g/mol. The number of carbonyl (C=O) groups excluding carboxylic acids is 2. The largest absolute Gasteiger partial charge is 0.353 e. The molecule has 3 rings (SSSR count). The van der Waals surface area contributed by atoms with Crippen LogP contribution < -0.4 is 5.32 Å². The molecule has 2 aromatic carbocycles. The van der Waals surface area contributed by atoms with Gasteiger partial charge >= 0.3 is 0 Å². The Morgan fingerprint density at radius 3 is 2.22 bits per heavy atom. The van der Waals surface area contributed by atoms with E-state index in [4.69, 9.17) is 0 Å². The standard InChI is InChI=1S/C23H28N2O2/c1-2-3-9-22(26)24-21-14-16-25(17-15-21)23(27)20-12-10-19(11-13-20)18-7-5-4-6-8-18/h4-8,10-13,21H,2-3,9,14-17H2,1H3,(H,24,26).